The number of ether oxygens (including phenoxy) is 3. The van der Waals surface area contributed by atoms with E-state index in [4.69, 9.17) is 25.8 Å². The number of carboxylic acids is 1. The molecule has 0 radical (unpaired) electrons. The van der Waals surface area contributed by atoms with Gasteiger partial charge in [-0.3, -0.25) is 4.79 Å². The van der Waals surface area contributed by atoms with E-state index in [1.54, 1.807) is 48.5 Å². The van der Waals surface area contributed by atoms with Crippen molar-refractivity contribution in [2.75, 3.05) is 7.11 Å². The van der Waals surface area contributed by atoms with E-state index in [2.05, 4.69) is 0 Å². The van der Waals surface area contributed by atoms with E-state index in [0.717, 1.165) is 25.7 Å². The lowest BCUT2D eigenvalue weighted by Crippen LogP contribution is -2.18. The van der Waals surface area contributed by atoms with Crippen molar-refractivity contribution in [1.82, 2.24) is 0 Å². The Hall–Kier alpha value is -3.23. The Morgan fingerprint density at radius 1 is 1.00 bits per heavy atom. The third kappa shape index (κ3) is 6.12. The van der Waals surface area contributed by atoms with Crippen LogP contribution in [-0.2, 0) is 14.6 Å². The zero-order valence-corrected chi connectivity index (χ0v) is 21.3. The van der Waals surface area contributed by atoms with Gasteiger partial charge in [-0.05, 0) is 79.8 Å². The largest absolute Gasteiger partial charge is 0.493 e. The first-order valence-electron chi connectivity index (χ1n) is 11.6. The van der Waals surface area contributed by atoms with Gasteiger partial charge in [0.2, 0.25) is 0 Å². The van der Waals surface area contributed by atoms with Crippen LogP contribution in [0.1, 0.15) is 42.9 Å². The fourth-order valence-electron chi connectivity index (χ4n) is 4.26. The molecule has 4 rings (SSSR count). The lowest BCUT2D eigenvalue weighted by Gasteiger charge is -2.20. The zero-order valence-electron chi connectivity index (χ0n) is 19.7. The van der Waals surface area contributed by atoms with Crippen molar-refractivity contribution in [3.63, 3.8) is 0 Å². The smallest absolute Gasteiger partial charge is 0.305 e. The first-order chi connectivity index (χ1) is 17.3. The summed E-state index contributed by atoms with van der Waals surface area (Å²) in [5.74, 6) is 0.412. The van der Waals surface area contributed by atoms with Crippen molar-refractivity contribution in [3.8, 4) is 23.0 Å². The summed E-state index contributed by atoms with van der Waals surface area (Å²) in [5, 5.41) is 8.78. The Bertz CT molecular complexity index is 1320. The highest BCUT2D eigenvalue weighted by atomic mass is 35.5. The number of rotatable bonds is 10. The van der Waals surface area contributed by atoms with Crippen LogP contribution in [0.4, 0.5) is 0 Å². The van der Waals surface area contributed by atoms with Crippen LogP contribution in [0.2, 0.25) is 5.02 Å². The lowest BCUT2D eigenvalue weighted by atomic mass is 10.1. The molecule has 0 aromatic heterocycles. The number of hydrogen-bond acceptors (Lipinski definition) is 6. The van der Waals surface area contributed by atoms with E-state index >= 15 is 0 Å². The van der Waals surface area contributed by atoms with E-state index in [-0.39, 0.29) is 11.0 Å². The van der Waals surface area contributed by atoms with Crippen LogP contribution < -0.4 is 14.2 Å². The molecule has 0 saturated heterocycles. The van der Waals surface area contributed by atoms with Crippen LogP contribution in [0.3, 0.4) is 0 Å². The maximum absolute atomic E-state index is 13.7. The van der Waals surface area contributed by atoms with Crippen molar-refractivity contribution in [2.24, 2.45) is 0 Å². The molecule has 1 aliphatic rings. The predicted molar refractivity (Wildman–Crippen MR) is 136 cm³/mol. The average Bonchev–Trinajstić information content (AvgIpc) is 3.37. The highest BCUT2D eigenvalue weighted by Gasteiger charge is 2.33. The minimum Gasteiger partial charge on any atom is -0.493 e. The minimum absolute atomic E-state index is 0.00614. The van der Waals surface area contributed by atoms with Gasteiger partial charge in [0.25, 0.3) is 0 Å². The Labute approximate surface area is 215 Å². The highest BCUT2D eigenvalue weighted by molar-refractivity contribution is 7.91. The summed E-state index contributed by atoms with van der Waals surface area (Å²) >= 11 is 5.92. The van der Waals surface area contributed by atoms with Gasteiger partial charge in [-0.15, -0.1) is 0 Å². The topological polar surface area (TPSA) is 99.1 Å². The van der Waals surface area contributed by atoms with Gasteiger partial charge >= 0.3 is 5.97 Å². The second kappa shape index (κ2) is 11.2. The maximum Gasteiger partial charge on any atom is 0.305 e. The molecular weight excluding hydrogens is 504 g/mol. The second-order valence-corrected chi connectivity index (χ2v) is 11.2. The summed E-state index contributed by atoms with van der Waals surface area (Å²) < 4.78 is 44.8. The van der Waals surface area contributed by atoms with E-state index < -0.39 is 27.5 Å². The van der Waals surface area contributed by atoms with E-state index in [0.29, 0.717) is 33.6 Å². The standard InChI is InChI=1S/C27H27ClO7S/c1-33-24-14-13-23(16-25(24)35-20-6-2-3-7-20)36(31,32)26(17-27(29)30)18-5-4-8-22(15-18)34-21-11-9-19(28)10-12-21/h4-5,8-16,20,26H,2-3,6-7,17H2,1H3,(H,29,30)/t26-/m1/s1. The van der Waals surface area contributed by atoms with Gasteiger partial charge in [0.05, 0.1) is 24.5 Å². The molecule has 0 amide bonds. The van der Waals surface area contributed by atoms with Gasteiger partial charge in [0.15, 0.2) is 21.3 Å². The molecule has 1 atom stereocenters. The summed E-state index contributed by atoms with van der Waals surface area (Å²) in [6.45, 7) is 0. The number of carbonyl (C=O) groups is 1. The Balaban J connectivity index is 1.68. The second-order valence-electron chi connectivity index (χ2n) is 8.60. The first kappa shape index (κ1) is 25.9. The summed E-state index contributed by atoms with van der Waals surface area (Å²) in [6, 6.07) is 17.5. The molecule has 0 unspecified atom stereocenters. The van der Waals surface area contributed by atoms with Crippen molar-refractivity contribution in [2.45, 2.75) is 48.4 Å². The average molecular weight is 531 g/mol. The van der Waals surface area contributed by atoms with Gasteiger partial charge in [-0.25, -0.2) is 8.42 Å². The molecule has 1 N–H and O–H groups in total. The molecule has 0 heterocycles. The number of halogens is 1. The van der Waals surface area contributed by atoms with Gasteiger partial charge in [-0.2, -0.15) is 0 Å². The fourth-order valence-corrected chi connectivity index (χ4v) is 6.11. The molecule has 1 aliphatic carbocycles. The molecule has 9 heteroatoms. The number of methoxy groups -OCH3 is 1. The predicted octanol–water partition coefficient (Wildman–Crippen LogP) is 6.45. The summed E-state index contributed by atoms with van der Waals surface area (Å²) in [5.41, 5.74) is 0.304. The summed E-state index contributed by atoms with van der Waals surface area (Å²) in [4.78, 5) is 11.7. The Morgan fingerprint density at radius 2 is 1.72 bits per heavy atom. The van der Waals surface area contributed by atoms with Crippen LogP contribution in [0, 0.1) is 0 Å². The molecule has 190 valence electrons. The van der Waals surface area contributed by atoms with Crippen LogP contribution in [0.25, 0.3) is 0 Å². The van der Waals surface area contributed by atoms with Crippen molar-refractivity contribution in [3.05, 3.63) is 77.3 Å². The quantitative estimate of drug-likeness (QED) is 0.321. The molecule has 3 aromatic rings. The Kier molecular flexibility index (Phi) is 8.06. The van der Waals surface area contributed by atoms with Crippen LogP contribution >= 0.6 is 11.6 Å². The number of hydrogen-bond donors (Lipinski definition) is 1. The van der Waals surface area contributed by atoms with E-state index in [1.165, 1.54) is 25.3 Å². The van der Waals surface area contributed by atoms with Gasteiger partial charge < -0.3 is 19.3 Å². The Morgan fingerprint density at radius 3 is 2.39 bits per heavy atom. The fraction of sp³-hybridized carbons (Fsp3) is 0.296. The lowest BCUT2D eigenvalue weighted by molar-refractivity contribution is -0.137. The third-order valence-corrected chi connectivity index (χ3v) is 8.42. The summed E-state index contributed by atoms with van der Waals surface area (Å²) in [7, 11) is -2.62. The molecule has 0 bridgehead atoms. The SMILES string of the molecule is COc1ccc(S(=O)(=O)[C@H](CC(=O)O)c2cccc(Oc3ccc(Cl)cc3)c2)cc1OC1CCCC1. The van der Waals surface area contributed by atoms with Crippen LogP contribution in [-0.4, -0.2) is 32.7 Å². The van der Waals surface area contributed by atoms with Crippen molar-refractivity contribution < 1.29 is 32.5 Å². The number of aliphatic carboxylic acids is 1. The molecule has 1 fully saturated rings. The van der Waals surface area contributed by atoms with Gasteiger partial charge in [0, 0.05) is 11.1 Å². The normalized spacial score (nSPS) is 14.8. The molecule has 1 saturated carbocycles. The molecule has 0 aliphatic heterocycles. The molecule has 3 aromatic carbocycles. The zero-order chi connectivity index (χ0) is 25.7. The highest BCUT2D eigenvalue weighted by Crippen LogP contribution is 2.39. The molecular formula is C27H27ClO7S. The van der Waals surface area contributed by atoms with Crippen molar-refractivity contribution >= 4 is 27.4 Å². The van der Waals surface area contributed by atoms with Crippen LogP contribution in [0.15, 0.2) is 71.6 Å². The summed E-state index contributed by atoms with van der Waals surface area (Å²) in [6.07, 6.45) is 3.27. The molecule has 7 nitrogen and oxygen atoms in total. The minimum atomic E-state index is -4.11. The maximum atomic E-state index is 13.7. The molecule has 36 heavy (non-hydrogen) atoms. The van der Waals surface area contributed by atoms with E-state index in [1.807, 2.05) is 0 Å². The van der Waals surface area contributed by atoms with Gasteiger partial charge in [0.1, 0.15) is 16.7 Å². The van der Waals surface area contributed by atoms with Crippen molar-refractivity contribution in [1.29, 1.82) is 0 Å². The number of benzene rings is 3. The van der Waals surface area contributed by atoms with Crippen LogP contribution in [0.5, 0.6) is 23.0 Å². The van der Waals surface area contributed by atoms with E-state index in [9.17, 15) is 18.3 Å². The first-order valence-corrected chi connectivity index (χ1v) is 13.5. The van der Waals surface area contributed by atoms with Gasteiger partial charge in [-0.1, -0.05) is 23.7 Å². The molecule has 0 spiro atoms. The number of carboxylic acid groups (broad SMARTS) is 1. The monoisotopic (exact) mass is 530 g/mol. The number of sulfone groups is 1. The third-order valence-electron chi connectivity index (χ3n) is 6.07.